The number of halogens is 2. The first-order chi connectivity index (χ1) is 8.61. The van der Waals surface area contributed by atoms with Crippen LogP contribution in [0.4, 0.5) is 8.78 Å². The zero-order valence-corrected chi connectivity index (χ0v) is 10.3. The molecule has 0 aliphatic heterocycles. The van der Waals surface area contributed by atoms with Crippen molar-refractivity contribution >= 4 is 5.78 Å². The summed E-state index contributed by atoms with van der Waals surface area (Å²) in [6.07, 6.45) is 2.35. The van der Waals surface area contributed by atoms with Gasteiger partial charge in [0, 0.05) is 12.8 Å². The molecule has 0 heterocycles. The number of carbonyl (C=O) groups is 1. The molecule has 0 unspecified atom stereocenters. The van der Waals surface area contributed by atoms with Crippen LogP contribution in [0.3, 0.4) is 0 Å². The molecular weight excluding hydrogens is 238 g/mol. The van der Waals surface area contributed by atoms with Gasteiger partial charge in [0.05, 0.1) is 6.61 Å². The van der Waals surface area contributed by atoms with Gasteiger partial charge in [0.1, 0.15) is 5.78 Å². The smallest absolute Gasteiger partial charge is 0.190 e. The molecule has 2 rings (SSSR count). The van der Waals surface area contributed by atoms with Gasteiger partial charge in [0.2, 0.25) is 0 Å². The van der Waals surface area contributed by atoms with Crippen molar-refractivity contribution in [3.8, 4) is 5.75 Å². The summed E-state index contributed by atoms with van der Waals surface area (Å²) >= 11 is 0. The topological polar surface area (TPSA) is 26.3 Å². The van der Waals surface area contributed by atoms with Crippen molar-refractivity contribution in [2.45, 2.75) is 38.5 Å². The van der Waals surface area contributed by atoms with Crippen molar-refractivity contribution in [2.24, 2.45) is 0 Å². The van der Waals surface area contributed by atoms with Gasteiger partial charge >= 0.3 is 0 Å². The van der Waals surface area contributed by atoms with Crippen LogP contribution in [0.15, 0.2) is 12.1 Å². The van der Waals surface area contributed by atoms with Crippen molar-refractivity contribution in [1.29, 1.82) is 0 Å². The Morgan fingerprint density at radius 1 is 1.22 bits per heavy atom. The van der Waals surface area contributed by atoms with Gasteiger partial charge in [-0.2, -0.15) is 0 Å². The first-order valence-corrected chi connectivity index (χ1v) is 6.25. The Balaban J connectivity index is 2.22. The Morgan fingerprint density at radius 3 is 2.28 bits per heavy atom. The molecule has 0 spiro atoms. The lowest BCUT2D eigenvalue weighted by molar-refractivity contribution is -0.120. The van der Waals surface area contributed by atoms with E-state index >= 15 is 0 Å². The molecule has 1 aromatic carbocycles. The van der Waals surface area contributed by atoms with Crippen LogP contribution in [-0.4, -0.2) is 12.4 Å². The van der Waals surface area contributed by atoms with Gasteiger partial charge in [0.25, 0.3) is 0 Å². The molecule has 2 nitrogen and oxygen atoms in total. The molecule has 1 aliphatic rings. The van der Waals surface area contributed by atoms with Crippen LogP contribution in [0.25, 0.3) is 0 Å². The fourth-order valence-corrected chi connectivity index (χ4v) is 2.37. The largest absolute Gasteiger partial charge is 0.488 e. The maximum Gasteiger partial charge on any atom is 0.190 e. The monoisotopic (exact) mass is 254 g/mol. The Bertz CT molecular complexity index is 424. The molecule has 0 saturated heterocycles. The van der Waals surface area contributed by atoms with Gasteiger partial charge in [-0.3, -0.25) is 4.79 Å². The first kappa shape index (κ1) is 13.0. The first-order valence-electron chi connectivity index (χ1n) is 6.25. The highest BCUT2D eigenvalue weighted by Crippen LogP contribution is 2.34. The van der Waals surface area contributed by atoms with E-state index in [1.165, 1.54) is 12.1 Å². The molecular formula is C14H16F2O2. The normalized spacial score (nSPS) is 16.9. The Morgan fingerprint density at radius 2 is 1.78 bits per heavy atom. The van der Waals surface area contributed by atoms with Crippen LogP contribution >= 0.6 is 0 Å². The highest BCUT2D eigenvalue weighted by Gasteiger charge is 2.23. The molecule has 1 aromatic rings. The van der Waals surface area contributed by atoms with Crippen LogP contribution < -0.4 is 4.74 Å². The van der Waals surface area contributed by atoms with E-state index in [-0.39, 0.29) is 24.1 Å². The van der Waals surface area contributed by atoms with Crippen LogP contribution in [0, 0.1) is 11.6 Å². The zero-order valence-electron chi connectivity index (χ0n) is 10.3. The third-order valence-corrected chi connectivity index (χ3v) is 3.32. The molecule has 1 saturated carbocycles. The third kappa shape index (κ3) is 2.68. The summed E-state index contributed by atoms with van der Waals surface area (Å²) in [6.45, 7) is 1.91. The van der Waals surface area contributed by atoms with Gasteiger partial charge in [-0.15, -0.1) is 0 Å². The number of carbonyl (C=O) groups excluding carboxylic acids is 1. The lowest BCUT2D eigenvalue weighted by Crippen LogP contribution is -2.13. The third-order valence-electron chi connectivity index (χ3n) is 3.32. The molecule has 18 heavy (non-hydrogen) atoms. The van der Waals surface area contributed by atoms with Crippen LogP contribution in [0.5, 0.6) is 5.75 Å². The van der Waals surface area contributed by atoms with E-state index in [0.29, 0.717) is 31.2 Å². The van der Waals surface area contributed by atoms with Crippen molar-refractivity contribution in [1.82, 2.24) is 0 Å². The summed E-state index contributed by atoms with van der Waals surface area (Å²) in [5, 5.41) is 0. The second-order valence-corrected chi connectivity index (χ2v) is 4.56. The Kier molecular flexibility index (Phi) is 3.94. The molecule has 1 fully saturated rings. The number of Topliss-reactive ketones (excluding diaryl/α,β-unsaturated/α-hetero) is 1. The van der Waals surface area contributed by atoms with Crippen LogP contribution in [0.1, 0.15) is 44.1 Å². The Labute approximate surface area is 105 Å². The molecule has 0 atom stereocenters. The average molecular weight is 254 g/mol. The van der Waals surface area contributed by atoms with Crippen molar-refractivity contribution in [3.63, 3.8) is 0 Å². The van der Waals surface area contributed by atoms with E-state index in [1.807, 2.05) is 0 Å². The van der Waals surface area contributed by atoms with Gasteiger partial charge in [0.15, 0.2) is 17.4 Å². The number of rotatable bonds is 3. The van der Waals surface area contributed by atoms with Crippen LogP contribution in [-0.2, 0) is 4.79 Å². The maximum atomic E-state index is 13.7. The minimum Gasteiger partial charge on any atom is -0.488 e. The van der Waals surface area contributed by atoms with Crippen molar-refractivity contribution < 1.29 is 18.3 Å². The summed E-state index contributed by atoms with van der Waals surface area (Å²) in [4.78, 5) is 11.1. The number of ketones is 1. The molecule has 1 aliphatic carbocycles. The highest BCUT2D eigenvalue weighted by atomic mass is 19.1. The van der Waals surface area contributed by atoms with E-state index in [0.717, 1.165) is 0 Å². The summed E-state index contributed by atoms with van der Waals surface area (Å²) in [7, 11) is 0. The molecule has 0 radical (unpaired) electrons. The lowest BCUT2D eigenvalue weighted by atomic mass is 9.83. The molecule has 4 heteroatoms. The second kappa shape index (κ2) is 5.46. The molecule has 0 amide bonds. The van der Waals surface area contributed by atoms with Gasteiger partial charge in [-0.1, -0.05) is 0 Å². The predicted octanol–water partition coefficient (Wildman–Crippen LogP) is 3.59. The van der Waals surface area contributed by atoms with E-state index in [9.17, 15) is 13.6 Å². The number of benzene rings is 1. The SMILES string of the molecule is CCOc1c(F)cc(C2CCC(=O)CC2)cc1F. The summed E-state index contributed by atoms with van der Waals surface area (Å²) in [5.74, 6) is -1.33. The minimum absolute atomic E-state index is 0.0716. The molecule has 98 valence electrons. The van der Waals surface area contributed by atoms with Crippen LogP contribution in [0.2, 0.25) is 0 Å². The zero-order chi connectivity index (χ0) is 13.1. The van der Waals surface area contributed by atoms with Gasteiger partial charge < -0.3 is 4.74 Å². The fourth-order valence-electron chi connectivity index (χ4n) is 2.37. The maximum absolute atomic E-state index is 13.7. The van der Waals surface area contributed by atoms with Gasteiger partial charge in [-0.25, -0.2) is 8.78 Å². The average Bonchev–Trinajstić information content (AvgIpc) is 2.34. The van der Waals surface area contributed by atoms with Crippen molar-refractivity contribution in [2.75, 3.05) is 6.61 Å². The standard InChI is InChI=1S/C14H16F2O2/c1-2-18-14-12(15)7-10(8-13(14)16)9-3-5-11(17)6-4-9/h7-9H,2-6H2,1H3. The van der Waals surface area contributed by atoms with E-state index in [1.54, 1.807) is 6.92 Å². The fraction of sp³-hybridized carbons (Fsp3) is 0.500. The van der Waals surface area contributed by atoms with Crippen molar-refractivity contribution in [3.05, 3.63) is 29.3 Å². The molecule has 0 aromatic heterocycles. The number of hydrogen-bond acceptors (Lipinski definition) is 2. The highest BCUT2D eigenvalue weighted by molar-refractivity contribution is 5.79. The molecule has 0 bridgehead atoms. The summed E-state index contributed by atoms with van der Waals surface area (Å²) in [6, 6.07) is 2.66. The summed E-state index contributed by atoms with van der Waals surface area (Å²) in [5.41, 5.74) is 0.626. The molecule has 0 N–H and O–H groups in total. The van der Waals surface area contributed by atoms with Gasteiger partial charge in [-0.05, 0) is 43.4 Å². The predicted molar refractivity (Wildman–Crippen MR) is 63.7 cm³/mol. The van der Waals surface area contributed by atoms with E-state index in [2.05, 4.69) is 0 Å². The number of hydrogen-bond donors (Lipinski definition) is 0. The lowest BCUT2D eigenvalue weighted by Gasteiger charge is -2.21. The second-order valence-electron chi connectivity index (χ2n) is 4.56. The number of ether oxygens (including phenoxy) is 1. The van der Waals surface area contributed by atoms with E-state index < -0.39 is 11.6 Å². The minimum atomic E-state index is -0.663. The quantitative estimate of drug-likeness (QED) is 0.824. The Hall–Kier alpha value is -1.45. The summed E-state index contributed by atoms with van der Waals surface area (Å²) < 4.78 is 32.3. The van der Waals surface area contributed by atoms with E-state index in [4.69, 9.17) is 4.74 Å².